The van der Waals surface area contributed by atoms with Gasteiger partial charge in [0.25, 0.3) is 0 Å². The van der Waals surface area contributed by atoms with Crippen LogP contribution in [0.25, 0.3) is 0 Å². The molecular formula is C15H24N4O2. The van der Waals surface area contributed by atoms with Crippen LogP contribution >= 0.6 is 0 Å². The third-order valence-electron chi connectivity index (χ3n) is 4.18. The number of aryl methyl sites for hydroxylation is 1. The highest BCUT2D eigenvalue weighted by Gasteiger charge is 2.30. The molecule has 1 aromatic heterocycles. The molecule has 2 heterocycles. The molecule has 0 saturated carbocycles. The number of aliphatic carboxylic acids is 1. The van der Waals surface area contributed by atoms with Gasteiger partial charge in [-0.05, 0) is 38.9 Å². The number of aromatic nitrogens is 2. The summed E-state index contributed by atoms with van der Waals surface area (Å²) < 4.78 is 0. The molecule has 0 aromatic carbocycles. The van der Waals surface area contributed by atoms with Crippen molar-refractivity contribution in [2.75, 3.05) is 32.1 Å². The van der Waals surface area contributed by atoms with Crippen molar-refractivity contribution in [3.63, 3.8) is 0 Å². The average molecular weight is 292 g/mol. The second-order valence-corrected chi connectivity index (χ2v) is 5.88. The Morgan fingerprint density at radius 3 is 2.52 bits per heavy atom. The third-order valence-corrected chi connectivity index (χ3v) is 4.18. The number of carboxylic acids is 1. The van der Waals surface area contributed by atoms with Crippen LogP contribution in [0.1, 0.15) is 25.3 Å². The van der Waals surface area contributed by atoms with Crippen LogP contribution in [-0.2, 0) is 11.2 Å². The van der Waals surface area contributed by atoms with Crippen molar-refractivity contribution in [3.05, 3.63) is 18.0 Å². The predicted molar refractivity (Wildman–Crippen MR) is 81.5 cm³/mol. The number of hydrogen-bond acceptors (Lipinski definition) is 5. The zero-order valence-corrected chi connectivity index (χ0v) is 13.0. The molecule has 2 atom stereocenters. The lowest BCUT2D eigenvalue weighted by Gasteiger charge is -2.28. The van der Waals surface area contributed by atoms with E-state index in [1.165, 1.54) is 0 Å². The Labute approximate surface area is 125 Å². The molecule has 2 rings (SSSR count). The van der Waals surface area contributed by atoms with Crippen molar-refractivity contribution < 1.29 is 9.90 Å². The molecule has 0 unspecified atom stereocenters. The molecule has 0 amide bonds. The largest absolute Gasteiger partial charge is 0.481 e. The minimum Gasteiger partial charge on any atom is -0.481 e. The molecule has 21 heavy (non-hydrogen) atoms. The van der Waals surface area contributed by atoms with E-state index < -0.39 is 5.97 Å². The van der Waals surface area contributed by atoms with Crippen LogP contribution in [0.3, 0.4) is 0 Å². The topological polar surface area (TPSA) is 69.6 Å². The fourth-order valence-electron chi connectivity index (χ4n) is 2.65. The molecule has 0 aliphatic carbocycles. The first kappa shape index (κ1) is 15.7. The summed E-state index contributed by atoms with van der Waals surface area (Å²) in [5.74, 6) is -0.457. The number of carbonyl (C=O) groups is 1. The molecule has 0 bridgehead atoms. The van der Waals surface area contributed by atoms with Crippen LogP contribution in [0, 0.1) is 5.92 Å². The van der Waals surface area contributed by atoms with Crippen LogP contribution in [0.2, 0.25) is 0 Å². The standard InChI is InChI=1S/C15H24N4O2/c1-4-11-7-16-15(17-8-11)19-9-12(14(20)21)5-6-13(10-19)18(2)3/h7-8,12-13H,4-6,9-10H2,1-3H3,(H,20,21)/t12-,13+/m0/s1. The van der Waals surface area contributed by atoms with E-state index in [4.69, 9.17) is 0 Å². The van der Waals surface area contributed by atoms with E-state index in [-0.39, 0.29) is 5.92 Å². The highest BCUT2D eigenvalue weighted by Crippen LogP contribution is 2.22. The zero-order chi connectivity index (χ0) is 15.4. The number of rotatable bonds is 4. The van der Waals surface area contributed by atoms with Crippen molar-refractivity contribution in [2.45, 2.75) is 32.2 Å². The molecule has 1 fully saturated rings. The number of nitrogens with zero attached hydrogens (tertiary/aromatic N) is 4. The smallest absolute Gasteiger partial charge is 0.308 e. The van der Waals surface area contributed by atoms with Crippen LogP contribution in [-0.4, -0.2) is 59.2 Å². The molecule has 1 N–H and O–H groups in total. The van der Waals surface area contributed by atoms with Gasteiger partial charge in [0.05, 0.1) is 5.92 Å². The van der Waals surface area contributed by atoms with Crippen LogP contribution in [0.4, 0.5) is 5.95 Å². The summed E-state index contributed by atoms with van der Waals surface area (Å²) in [4.78, 5) is 24.4. The van der Waals surface area contributed by atoms with Crippen molar-refractivity contribution in [1.29, 1.82) is 0 Å². The van der Waals surface area contributed by atoms with Crippen LogP contribution in [0.5, 0.6) is 0 Å². The first-order valence-corrected chi connectivity index (χ1v) is 7.46. The van der Waals surface area contributed by atoms with Gasteiger partial charge in [-0.2, -0.15) is 0 Å². The van der Waals surface area contributed by atoms with Crippen LogP contribution in [0.15, 0.2) is 12.4 Å². The van der Waals surface area contributed by atoms with E-state index in [1.54, 1.807) is 0 Å². The Morgan fingerprint density at radius 1 is 1.33 bits per heavy atom. The molecule has 1 aliphatic rings. The first-order chi connectivity index (χ1) is 10.0. The molecule has 6 nitrogen and oxygen atoms in total. The lowest BCUT2D eigenvalue weighted by atomic mass is 10.0. The quantitative estimate of drug-likeness (QED) is 0.901. The Morgan fingerprint density at radius 2 is 2.00 bits per heavy atom. The Kier molecular flexibility index (Phi) is 5.12. The average Bonchev–Trinajstić information content (AvgIpc) is 2.70. The highest BCUT2D eigenvalue weighted by atomic mass is 16.4. The fourth-order valence-corrected chi connectivity index (χ4v) is 2.65. The fraction of sp³-hybridized carbons (Fsp3) is 0.667. The number of carboxylic acid groups (broad SMARTS) is 1. The summed E-state index contributed by atoms with van der Waals surface area (Å²) in [6.07, 6.45) is 6.13. The second-order valence-electron chi connectivity index (χ2n) is 5.88. The molecule has 116 valence electrons. The Balaban J connectivity index is 2.21. The minimum atomic E-state index is -0.732. The number of likely N-dealkylation sites (N-methyl/N-ethyl adjacent to an activating group) is 1. The zero-order valence-electron chi connectivity index (χ0n) is 13.0. The maximum atomic E-state index is 11.4. The second kappa shape index (κ2) is 6.85. The van der Waals surface area contributed by atoms with Gasteiger partial charge >= 0.3 is 5.97 Å². The van der Waals surface area contributed by atoms with Crippen molar-refractivity contribution in [1.82, 2.24) is 14.9 Å². The van der Waals surface area contributed by atoms with Gasteiger partial charge in [0.15, 0.2) is 0 Å². The van der Waals surface area contributed by atoms with Crippen LogP contribution < -0.4 is 4.90 Å². The van der Waals surface area contributed by atoms with E-state index in [2.05, 4.69) is 21.8 Å². The Bertz CT molecular complexity index is 475. The first-order valence-electron chi connectivity index (χ1n) is 7.46. The predicted octanol–water partition coefficient (Wildman–Crippen LogP) is 1.27. The lowest BCUT2D eigenvalue weighted by molar-refractivity contribution is -0.141. The number of hydrogen-bond donors (Lipinski definition) is 1. The molecule has 1 aliphatic heterocycles. The third kappa shape index (κ3) is 3.91. The molecule has 6 heteroatoms. The van der Waals surface area contributed by atoms with Crippen molar-refractivity contribution in [3.8, 4) is 0 Å². The van der Waals surface area contributed by atoms with Gasteiger partial charge in [0.2, 0.25) is 5.95 Å². The molecule has 0 spiro atoms. The molecular weight excluding hydrogens is 268 g/mol. The highest BCUT2D eigenvalue weighted by molar-refractivity contribution is 5.71. The maximum Gasteiger partial charge on any atom is 0.308 e. The Hall–Kier alpha value is -1.69. The summed E-state index contributed by atoms with van der Waals surface area (Å²) in [6, 6.07) is 0.323. The van der Waals surface area contributed by atoms with Gasteiger partial charge < -0.3 is 14.9 Å². The maximum absolute atomic E-state index is 11.4. The molecule has 1 aromatic rings. The molecule has 1 saturated heterocycles. The molecule has 0 radical (unpaired) electrons. The van der Waals surface area contributed by atoms with E-state index in [1.807, 2.05) is 31.4 Å². The van der Waals surface area contributed by atoms with Gasteiger partial charge in [-0.1, -0.05) is 6.92 Å². The summed E-state index contributed by atoms with van der Waals surface area (Å²) >= 11 is 0. The van der Waals surface area contributed by atoms with Gasteiger partial charge in [-0.25, -0.2) is 9.97 Å². The SMILES string of the molecule is CCc1cnc(N2C[C@@H](C(=O)O)CC[C@@H](N(C)C)C2)nc1. The van der Waals surface area contributed by atoms with E-state index in [0.717, 1.165) is 24.9 Å². The van der Waals surface area contributed by atoms with Gasteiger partial charge in [0, 0.05) is 31.5 Å². The van der Waals surface area contributed by atoms with Crippen molar-refractivity contribution >= 4 is 11.9 Å². The monoisotopic (exact) mass is 292 g/mol. The van der Waals surface area contributed by atoms with E-state index in [9.17, 15) is 9.90 Å². The lowest BCUT2D eigenvalue weighted by Crippen LogP contribution is -2.40. The summed E-state index contributed by atoms with van der Waals surface area (Å²) in [5.41, 5.74) is 1.09. The summed E-state index contributed by atoms with van der Waals surface area (Å²) in [5, 5.41) is 9.35. The normalized spacial score (nSPS) is 23.1. The summed E-state index contributed by atoms with van der Waals surface area (Å²) in [7, 11) is 4.07. The number of anilines is 1. The van der Waals surface area contributed by atoms with E-state index in [0.29, 0.717) is 25.0 Å². The van der Waals surface area contributed by atoms with Crippen molar-refractivity contribution in [2.24, 2.45) is 5.92 Å². The van der Waals surface area contributed by atoms with Gasteiger partial charge in [-0.15, -0.1) is 0 Å². The minimum absolute atomic E-state index is 0.323. The van der Waals surface area contributed by atoms with Gasteiger partial charge in [-0.3, -0.25) is 4.79 Å². The summed E-state index contributed by atoms with van der Waals surface area (Å²) in [6.45, 7) is 3.31. The van der Waals surface area contributed by atoms with E-state index >= 15 is 0 Å². The van der Waals surface area contributed by atoms with Gasteiger partial charge in [0.1, 0.15) is 0 Å².